The highest BCUT2D eigenvalue weighted by Crippen LogP contribution is 2.34. The molecule has 14 nitrogen and oxygen atoms in total. The number of aromatic nitrogens is 4. The first-order chi connectivity index (χ1) is 20.1. The highest BCUT2D eigenvalue weighted by Gasteiger charge is 2.32. The number of methoxy groups -OCH3 is 1. The number of carbonyl (C=O) groups is 4. The van der Waals surface area contributed by atoms with Gasteiger partial charge in [-0.25, -0.2) is 14.8 Å². The van der Waals surface area contributed by atoms with Crippen LogP contribution < -0.4 is 15.4 Å². The van der Waals surface area contributed by atoms with Crippen LogP contribution >= 0.6 is 0 Å². The lowest BCUT2D eigenvalue weighted by Gasteiger charge is -2.20. The van der Waals surface area contributed by atoms with Gasteiger partial charge in [0, 0.05) is 51.7 Å². The molecule has 0 unspecified atom stereocenters. The first kappa shape index (κ1) is 28.5. The number of esters is 1. The quantitative estimate of drug-likeness (QED) is 0.290. The van der Waals surface area contributed by atoms with Gasteiger partial charge in [0.2, 0.25) is 17.6 Å². The van der Waals surface area contributed by atoms with Crippen molar-refractivity contribution < 1.29 is 28.7 Å². The zero-order valence-electron chi connectivity index (χ0n) is 23.8. The summed E-state index contributed by atoms with van der Waals surface area (Å²) >= 11 is 0. The Morgan fingerprint density at radius 3 is 2.52 bits per heavy atom. The molecule has 1 aromatic carbocycles. The lowest BCUT2D eigenvalue weighted by Crippen LogP contribution is -2.35. The van der Waals surface area contributed by atoms with E-state index in [-0.39, 0.29) is 54.2 Å². The molecule has 3 amide bonds. The minimum atomic E-state index is -0.635. The second-order valence-corrected chi connectivity index (χ2v) is 10.2. The van der Waals surface area contributed by atoms with Crippen LogP contribution in [0.3, 0.4) is 0 Å². The molecule has 0 saturated carbocycles. The van der Waals surface area contributed by atoms with Crippen molar-refractivity contribution in [1.82, 2.24) is 24.0 Å². The molecule has 2 aromatic heterocycles. The van der Waals surface area contributed by atoms with Crippen LogP contribution in [0.25, 0.3) is 0 Å². The van der Waals surface area contributed by atoms with E-state index in [2.05, 4.69) is 30.3 Å². The Bertz CT molecular complexity index is 1590. The highest BCUT2D eigenvalue weighted by atomic mass is 16.5. The Hall–Kier alpha value is -5.01. The molecule has 1 fully saturated rings. The average Bonchev–Trinajstić information content (AvgIpc) is 3.66. The molecule has 2 aliphatic heterocycles. The van der Waals surface area contributed by atoms with Crippen molar-refractivity contribution >= 4 is 47.2 Å². The number of ether oxygens (including phenoxy) is 2. The zero-order chi connectivity index (χ0) is 30.0. The number of anilines is 2. The largest absolute Gasteiger partial charge is 0.493 e. The Kier molecular flexibility index (Phi) is 8.04. The van der Waals surface area contributed by atoms with Crippen LogP contribution in [0.4, 0.5) is 17.3 Å². The number of rotatable bonds is 9. The van der Waals surface area contributed by atoms with Gasteiger partial charge in [-0.3, -0.25) is 19.4 Å². The summed E-state index contributed by atoms with van der Waals surface area (Å²) < 4.78 is 13.5. The molecule has 0 aliphatic carbocycles. The average molecular weight is 577 g/mol. The number of fused-ring (bicyclic) bond motifs is 2. The molecule has 2 aliphatic rings. The van der Waals surface area contributed by atoms with E-state index < -0.39 is 11.9 Å². The van der Waals surface area contributed by atoms with E-state index in [1.54, 1.807) is 20.2 Å². The van der Waals surface area contributed by atoms with Crippen LogP contribution in [0.15, 0.2) is 29.5 Å². The van der Waals surface area contributed by atoms with Gasteiger partial charge in [0.15, 0.2) is 11.6 Å². The summed E-state index contributed by atoms with van der Waals surface area (Å²) in [4.78, 5) is 64.7. The molecular formula is C28H32N8O6. The van der Waals surface area contributed by atoms with E-state index in [1.165, 1.54) is 28.6 Å². The van der Waals surface area contributed by atoms with Crippen LogP contribution in [0.1, 0.15) is 62.8 Å². The fourth-order valence-electron chi connectivity index (χ4n) is 4.97. The van der Waals surface area contributed by atoms with Crippen molar-refractivity contribution in [3.8, 4) is 5.75 Å². The summed E-state index contributed by atoms with van der Waals surface area (Å²) in [5, 5.41) is 5.27. The lowest BCUT2D eigenvalue weighted by atomic mass is 10.1. The summed E-state index contributed by atoms with van der Waals surface area (Å²) in [6.45, 7) is 2.91. The number of nitrogens with zero attached hydrogens (tertiary/aromatic N) is 6. The molecule has 220 valence electrons. The molecule has 2 N–H and O–H groups in total. The van der Waals surface area contributed by atoms with E-state index >= 15 is 0 Å². The SMILES string of the molecule is COC(=O)c1nc(NC(=O)c2nc(NC(=O)CCCOc3cc4c(cc3C)C(=O)N3CCC[C@H]3C=N4)cn2C)cn1C. The Labute approximate surface area is 241 Å². The first-order valence-electron chi connectivity index (χ1n) is 13.5. The van der Waals surface area contributed by atoms with Gasteiger partial charge in [0.1, 0.15) is 5.75 Å². The van der Waals surface area contributed by atoms with Crippen LogP contribution in [-0.4, -0.2) is 80.2 Å². The normalized spacial score (nSPS) is 15.6. The predicted molar refractivity (Wildman–Crippen MR) is 152 cm³/mol. The number of hydrogen-bond acceptors (Lipinski definition) is 9. The topological polar surface area (TPSA) is 162 Å². The molecule has 5 rings (SSSR count). The van der Waals surface area contributed by atoms with Crippen molar-refractivity contribution in [2.45, 2.75) is 38.6 Å². The molecule has 1 saturated heterocycles. The number of benzene rings is 1. The number of nitrogens with one attached hydrogen (secondary N) is 2. The van der Waals surface area contributed by atoms with E-state index in [1.807, 2.05) is 24.1 Å². The molecule has 3 aromatic rings. The molecule has 14 heteroatoms. The highest BCUT2D eigenvalue weighted by molar-refractivity contribution is 6.03. The van der Waals surface area contributed by atoms with Gasteiger partial charge in [-0.15, -0.1) is 0 Å². The number of imidazole rings is 2. The standard InChI is InChI=1S/C28H32N8O6/c1-16-11-18-19(29-13-17-7-5-9-36(17)27(18)39)12-20(16)42-10-6-8-23(37)30-21-14-34(2)24(31-21)26(38)33-22-15-35(3)25(32-22)28(40)41-4/h11-15,17H,5-10H2,1-4H3,(H,30,37)(H,33,38)/t17-/m0/s1. The van der Waals surface area contributed by atoms with Crippen molar-refractivity contribution in [3.05, 3.63) is 47.3 Å². The fourth-order valence-corrected chi connectivity index (χ4v) is 4.97. The lowest BCUT2D eigenvalue weighted by molar-refractivity contribution is -0.116. The van der Waals surface area contributed by atoms with Gasteiger partial charge in [0.05, 0.1) is 31.0 Å². The molecular weight excluding hydrogens is 544 g/mol. The summed E-state index contributed by atoms with van der Waals surface area (Å²) in [6, 6.07) is 3.64. The Balaban J connectivity index is 1.12. The molecule has 4 heterocycles. The summed E-state index contributed by atoms with van der Waals surface area (Å²) in [5.41, 5.74) is 2.00. The fraction of sp³-hybridized carbons (Fsp3) is 0.393. The second kappa shape index (κ2) is 11.8. The van der Waals surface area contributed by atoms with E-state index in [0.29, 0.717) is 23.4 Å². The number of hydrogen-bond donors (Lipinski definition) is 2. The second-order valence-electron chi connectivity index (χ2n) is 10.2. The third-order valence-corrected chi connectivity index (χ3v) is 7.11. The number of carbonyl (C=O) groups excluding carboxylic acids is 4. The maximum atomic E-state index is 13.0. The van der Waals surface area contributed by atoms with Crippen LogP contribution in [-0.2, 0) is 23.6 Å². The third-order valence-electron chi connectivity index (χ3n) is 7.11. The van der Waals surface area contributed by atoms with Gasteiger partial charge in [-0.1, -0.05) is 0 Å². The maximum absolute atomic E-state index is 13.0. The van der Waals surface area contributed by atoms with Gasteiger partial charge < -0.3 is 34.1 Å². The van der Waals surface area contributed by atoms with Gasteiger partial charge >= 0.3 is 5.97 Å². The zero-order valence-corrected chi connectivity index (χ0v) is 23.8. The minimum absolute atomic E-state index is 0.00378. The monoisotopic (exact) mass is 576 g/mol. The van der Waals surface area contributed by atoms with Gasteiger partial charge in [-0.2, -0.15) is 0 Å². The molecule has 42 heavy (non-hydrogen) atoms. The molecule has 1 atom stereocenters. The van der Waals surface area contributed by atoms with Crippen molar-refractivity contribution in [1.29, 1.82) is 0 Å². The van der Waals surface area contributed by atoms with E-state index in [4.69, 9.17) is 4.74 Å². The number of aryl methyl sites for hydroxylation is 3. The van der Waals surface area contributed by atoms with Crippen molar-refractivity contribution in [2.24, 2.45) is 19.1 Å². The summed E-state index contributed by atoms with van der Waals surface area (Å²) in [7, 11) is 4.46. The summed E-state index contributed by atoms with van der Waals surface area (Å²) in [6.07, 6.45) is 7.34. The third kappa shape index (κ3) is 5.87. The number of aliphatic imine (C=N–C) groups is 1. The maximum Gasteiger partial charge on any atom is 0.374 e. The minimum Gasteiger partial charge on any atom is -0.493 e. The predicted octanol–water partition coefficient (Wildman–Crippen LogP) is 2.62. The van der Waals surface area contributed by atoms with Crippen molar-refractivity contribution in [2.75, 3.05) is 30.9 Å². The smallest absolute Gasteiger partial charge is 0.374 e. The summed E-state index contributed by atoms with van der Waals surface area (Å²) in [5.74, 6) is -0.429. The van der Waals surface area contributed by atoms with E-state index in [0.717, 1.165) is 24.9 Å². The molecule has 0 radical (unpaired) electrons. The van der Waals surface area contributed by atoms with Crippen LogP contribution in [0.5, 0.6) is 5.75 Å². The van der Waals surface area contributed by atoms with Crippen LogP contribution in [0.2, 0.25) is 0 Å². The Morgan fingerprint density at radius 2 is 1.76 bits per heavy atom. The van der Waals surface area contributed by atoms with E-state index in [9.17, 15) is 19.2 Å². The molecule has 0 spiro atoms. The first-order valence-corrected chi connectivity index (χ1v) is 13.5. The van der Waals surface area contributed by atoms with Crippen molar-refractivity contribution in [3.63, 3.8) is 0 Å². The van der Waals surface area contributed by atoms with Crippen LogP contribution in [0, 0.1) is 6.92 Å². The Morgan fingerprint density at radius 1 is 1.05 bits per heavy atom. The number of amides is 3. The van der Waals surface area contributed by atoms with Gasteiger partial charge in [0.25, 0.3) is 11.8 Å². The molecule has 0 bridgehead atoms. The van der Waals surface area contributed by atoms with Gasteiger partial charge in [-0.05, 0) is 37.8 Å².